The van der Waals surface area contributed by atoms with Gasteiger partial charge < -0.3 is 15.5 Å². The summed E-state index contributed by atoms with van der Waals surface area (Å²) in [5.41, 5.74) is 7.94. The van der Waals surface area contributed by atoms with Crippen LogP contribution in [0.25, 0.3) is 0 Å². The van der Waals surface area contributed by atoms with Gasteiger partial charge in [-0.1, -0.05) is 0 Å². The first-order chi connectivity index (χ1) is 9.02. The molecule has 0 aromatic carbocycles. The molecule has 0 aliphatic carbocycles. The Morgan fingerprint density at radius 3 is 2.58 bits per heavy atom. The van der Waals surface area contributed by atoms with Crippen LogP contribution in [0.15, 0.2) is 0 Å². The van der Waals surface area contributed by atoms with Crippen molar-refractivity contribution in [2.45, 2.75) is 33.2 Å². The topological polar surface area (TPSA) is 50.3 Å². The second-order valence-electron chi connectivity index (χ2n) is 5.77. The molecule has 0 radical (unpaired) electrons. The van der Waals surface area contributed by atoms with E-state index in [0.29, 0.717) is 0 Å². The molecule has 1 aliphatic rings. The van der Waals surface area contributed by atoms with Crippen molar-refractivity contribution in [3.63, 3.8) is 0 Å². The van der Waals surface area contributed by atoms with E-state index in [0.717, 1.165) is 36.2 Å². The van der Waals surface area contributed by atoms with E-state index in [1.807, 2.05) is 11.6 Å². The lowest BCUT2D eigenvalue weighted by atomic mass is 9.97. The summed E-state index contributed by atoms with van der Waals surface area (Å²) in [4.78, 5) is 4.69. The highest BCUT2D eigenvalue weighted by molar-refractivity contribution is 5.65. The molecule has 1 aromatic heterocycles. The Morgan fingerprint density at radius 1 is 1.37 bits per heavy atom. The van der Waals surface area contributed by atoms with Crippen molar-refractivity contribution in [3.8, 4) is 0 Å². The van der Waals surface area contributed by atoms with E-state index in [4.69, 9.17) is 5.73 Å². The Morgan fingerprint density at radius 2 is 2.00 bits per heavy atom. The third-order valence-corrected chi connectivity index (χ3v) is 4.18. The molecular weight excluding hydrogens is 238 g/mol. The van der Waals surface area contributed by atoms with Gasteiger partial charge in [-0.25, -0.2) is 4.68 Å². The zero-order chi connectivity index (χ0) is 14.0. The molecule has 2 N–H and O–H groups in total. The molecule has 108 valence electrons. The fraction of sp³-hybridized carbons (Fsp3) is 0.786. The predicted molar refractivity (Wildman–Crippen MR) is 80.5 cm³/mol. The molecule has 1 aliphatic heterocycles. The fourth-order valence-corrected chi connectivity index (χ4v) is 2.92. The molecule has 0 bridgehead atoms. The molecule has 1 fully saturated rings. The van der Waals surface area contributed by atoms with Gasteiger partial charge in [0, 0.05) is 20.1 Å². The van der Waals surface area contributed by atoms with Crippen LogP contribution in [-0.2, 0) is 6.54 Å². The van der Waals surface area contributed by atoms with Crippen LogP contribution in [0.3, 0.4) is 0 Å². The Balaban J connectivity index is 2.05. The molecule has 0 unspecified atom stereocenters. The first kappa shape index (κ1) is 14.2. The van der Waals surface area contributed by atoms with Crippen molar-refractivity contribution >= 4 is 11.5 Å². The maximum absolute atomic E-state index is 6.17. The number of nitrogens with two attached hydrogens (primary N) is 1. The second kappa shape index (κ2) is 5.82. The number of nitrogens with zero attached hydrogens (tertiary/aromatic N) is 4. The van der Waals surface area contributed by atoms with E-state index in [2.05, 4.69) is 35.9 Å². The minimum Gasteiger partial charge on any atom is -0.394 e. The Labute approximate surface area is 116 Å². The lowest BCUT2D eigenvalue weighted by Gasteiger charge is -2.32. The van der Waals surface area contributed by atoms with E-state index < -0.39 is 0 Å². The third kappa shape index (κ3) is 3.03. The fourth-order valence-electron chi connectivity index (χ4n) is 2.92. The number of anilines is 2. The SMILES string of the molecule is CCn1nc(C)c(N)c1N(C)CC1CCN(C)CC1. The Bertz CT molecular complexity index is 418. The predicted octanol–water partition coefficient (Wildman–Crippen LogP) is 1.57. The number of nitrogen functional groups attached to an aromatic ring is 1. The Kier molecular flexibility index (Phi) is 4.34. The average molecular weight is 265 g/mol. The summed E-state index contributed by atoms with van der Waals surface area (Å²) < 4.78 is 2.01. The summed E-state index contributed by atoms with van der Waals surface area (Å²) in [7, 11) is 4.34. The molecule has 0 saturated carbocycles. The van der Waals surface area contributed by atoms with Gasteiger partial charge in [0.15, 0.2) is 0 Å². The van der Waals surface area contributed by atoms with Crippen molar-refractivity contribution in [2.24, 2.45) is 5.92 Å². The largest absolute Gasteiger partial charge is 0.394 e. The van der Waals surface area contributed by atoms with Crippen LogP contribution < -0.4 is 10.6 Å². The molecule has 5 heteroatoms. The van der Waals surface area contributed by atoms with Crippen molar-refractivity contribution < 1.29 is 0 Å². The molecule has 2 heterocycles. The average Bonchev–Trinajstić information content (AvgIpc) is 2.68. The van der Waals surface area contributed by atoms with Crippen LogP contribution in [0, 0.1) is 12.8 Å². The van der Waals surface area contributed by atoms with Gasteiger partial charge in [-0.2, -0.15) is 5.10 Å². The van der Waals surface area contributed by atoms with E-state index >= 15 is 0 Å². The lowest BCUT2D eigenvalue weighted by molar-refractivity contribution is 0.222. The van der Waals surface area contributed by atoms with Crippen LogP contribution in [0.4, 0.5) is 11.5 Å². The highest BCUT2D eigenvalue weighted by Crippen LogP contribution is 2.27. The van der Waals surface area contributed by atoms with Crippen LogP contribution in [0.5, 0.6) is 0 Å². The van der Waals surface area contributed by atoms with Crippen molar-refractivity contribution in [1.82, 2.24) is 14.7 Å². The summed E-state index contributed by atoms with van der Waals surface area (Å²) in [6.07, 6.45) is 2.56. The number of aromatic nitrogens is 2. The van der Waals surface area contributed by atoms with Crippen molar-refractivity contribution in [3.05, 3.63) is 5.69 Å². The Hall–Kier alpha value is -1.23. The summed E-state index contributed by atoms with van der Waals surface area (Å²) >= 11 is 0. The molecule has 0 atom stereocenters. The van der Waals surface area contributed by atoms with Crippen LogP contribution >= 0.6 is 0 Å². The van der Waals surface area contributed by atoms with Gasteiger partial charge in [-0.05, 0) is 52.7 Å². The van der Waals surface area contributed by atoms with Gasteiger partial charge in [0.1, 0.15) is 5.82 Å². The summed E-state index contributed by atoms with van der Waals surface area (Å²) in [5, 5.41) is 4.50. The smallest absolute Gasteiger partial charge is 0.150 e. The zero-order valence-corrected chi connectivity index (χ0v) is 12.7. The maximum Gasteiger partial charge on any atom is 0.150 e. The zero-order valence-electron chi connectivity index (χ0n) is 12.7. The maximum atomic E-state index is 6.17. The molecule has 2 rings (SSSR count). The van der Waals surface area contributed by atoms with Crippen LogP contribution in [-0.4, -0.2) is 48.4 Å². The number of aryl methyl sites for hydroxylation is 2. The summed E-state index contributed by atoms with van der Waals surface area (Å²) in [6, 6.07) is 0. The summed E-state index contributed by atoms with van der Waals surface area (Å²) in [5.74, 6) is 1.85. The van der Waals surface area contributed by atoms with E-state index in [9.17, 15) is 0 Å². The minimum absolute atomic E-state index is 0.765. The number of piperidine rings is 1. The summed E-state index contributed by atoms with van der Waals surface area (Å²) in [6.45, 7) is 8.45. The second-order valence-corrected chi connectivity index (χ2v) is 5.77. The number of hydrogen-bond acceptors (Lipinski definition) is 4. The highest BCUT2D eigenvalue weighted by Gasteiger charge is 2.21. The first-order valence-electron chi connectivity index (χ1n) is 7.25. The van der Waals surface area contributed by atoms with Crippen molar-refractivity contribution in [1.29, 1.82) is 0 Å². The van der Waals surface area contributed by atoms with Gasteiger partial charge in [0.05, 0.1) is 11.4 Å². The normalized spacial score (nSPS) is 17.9. The number of likely N-dealkylation sites (tertiary alicyclic amines) is 1. The minimum atomic E-state index is 0.765. The van der Waals surface area contributed by atoms with Crippen LogP contribution in [0.2, 0.25) is 0 Å². The molecule has 5 nitrogen and oxygen atoms in total. The van der Waals surface area contributed by atoms with Crippen LogP contribution in [0.1, 0.15) is 25.5 Å². The molecule has 1 saturated heterocycles. The van der Waals surface area contributed by atoms with E-state index in [-0.39, 0.29) is 0 Å². The third-order valence-electron chi connectivity index (χ3n) is 4.18. The lowest BCUT2D eigenvalue weighted by Crippen LogP contribution is -2.36. The van der Waals surface area contributed by atoms with E-state index in [1.54, 1.807) is 0 Å². The molecule has 0 spiro atoms. The van der Waals surface area contributed by atoms with Gasteiger partial charge in [0.25, 0.3) is 0 Å². The molecule has 0 amide bonds. The van der Waals surface area contributed by atoms with Gasteiger partial charge >= 0.3 is 0 Å². The van der Waals surface area contributed by atoms with Gasteiger partial charge in [-0.15, -0.1) is 0 Å². The van der Waals surface area contributed by atoms with E-state index in [1.165, 1.54) is 25.9 Å². The molecular formula is C14H27N5. The van der Waals surface area contributed by atoms with Crippen molar-refractivity contribution in [2.75, 3.05) is 44.4 Å². The molecule has 1 aromatic rings. The standard InChI is InChI=1S/C14H27N5/c1-5-19-14(13(15)11(2)16-19)18(4)10-12-6-8-17(3)9-7-12/h12H,5-10,15H2,1-4H3. The number of rotatable bonds is 4. The first-order valence-corrected chi connectivity index (χ1v) is 7.25. The van der Waals surface area contributed by atoms with Gasteiger partial charge in [0.2, 0.25) is 0 Å². The quantitative estimate of drug-likeness (QED) is 0.898. The molecule has 19 heavy (non-hydrogen) atoms. The van der Waals surface area contributed by atoms with Gasteiger partial charge in [-0.3, -0.25) is 0 Å². The highest BCUT2D eigenvalue weighted by atomic mass is 15.4. The number of hydrogen-bond donors (Lipinski definition) is 1. The monoisotopic (exact) mass is 265 g/mol.